The Kier molecular flexibility index (Phi) is 7.54. The van der Waals surface area contributed by atoms with E-state index >= 15 is 0 Å². The molecule has 3 amide bonds. The van der Waals surface area contributed by atoms with Gasteiger partial charge in [-0.15, -0.1) is 0 Å². The minimum absolute atomic E-state index is 0.00628. The molecule has 0 saturated heterocycles. The Morgan fingerprint density at radius 3 is 2.35 bits per heavy atom. The second kappa shape index (κ2) is 10.8. The third-order valence-electron chi connectivity index (χ3n) is 6.03. The van der Waals surface area contributed by atoms with Crippen molar-refractivity contribution in [2.24, 2.45) is 0 Å². The summed E-state index contributed by atoms with van der Waals surface area (Å²) in [7, 11) is -2.51. The van der Waals surface area contributed by atoms with Gasteiger partial charge in [0.25, 0.3) is 10.0 Å². The molecular formula is C28H28N4O4S. The number of aromatic nitrogens is 1. The number of sulfonamides is 1. The predicted octanol–water partition coefficient (Wildman–Crippen LogP) is 4.11. The standard InChI is InChI=1S/C28H28N4O4S/c1-19-9-7-8-12-26(19)37(35,36)31-28(34)30-25(17-21-10-5-4-6-11-21)27(33)32(3)23-15-16-24-22(18-23)14-13-20(2)29-24/h4-16,18,25H,17H2,1-3H3,(H2,30,31,34)/t25-/m0/s1. The van der Waals surface area contributed by atoms with E-state index in [9.17, 15) is 18.0 Å². The van der Waals surface area contributed by atoms with Gasteiger partial charge < -0.3 is 10.2 Å². The number of urea groups is 1. The van der Waals surface area contributed by atoms with E-state index in [2.05, 4.69) is 10.3 Å². The van der Waals surface area contributed by atoms with Crippen molar-refractivity contribution in [2.75, 3.05) is 11.9 Å². The molecule has 0 aliphatic heterocycles. The van der Waals surface area contributed by atoms with Crippen LogP contribution >= 0.6 is 0 Å². The number of likely N-dealkylation sites (N-methyl/N-ethyl adjacent to an activating group) is 1. The third kappa shape index (κ3) is 6.13. The second-order valence-corrected chi connectivity index (χ2v) is 10.5. The van der Waals surface area contributed by atoms with Crippen LogP contribution < -0.4 is 14.9 Å². The van der Waals surface area contributed by atoms with Gasteiger partial charge in [0.15, 0.2) is 0 Å². The number of rotatable bonds is 7. The molecule has 8 nitrogen and oxygen atoms in total. The normalized spacial score (nSPS) is 12.1. The lowest BCUT2D eigenvalue weighted by molar-refractivity contribution is -0.120. The van der Waals surface area contributed by atoms with Gasteiger partial charge in [-0.25, -0.2) is 17.9 Å². The van der Waals surface area contributed by atoms with Crippen LogP contribution in [0.5, 0.6) is 0 Å². The summed E-state index contributed by atoms with van der Waals surface area (Å²) < 4.78 is 27.6. The van der Waals surface area contributed by atoms with Gasteiger partial charge in [0.1, 0.15) is 6.04 Å². The summed E-state index contributed by atoms with van der Waals surface area (Å²) in [6.45, 7) is 3.55. The monoisotopic (exact) mass is 516 g/mol. The molecule has 4 rings (SSSR count). The Hall–Kier alpha value is -4.24. The lowest BCUT2D eigenvalue weighted by Crippen LogP contribution is -2.52. The number of nitrogens with one attached hydrogen (secondary N) is 2. The van der Waals surface area contributed by atoms with E-state index in [1.54, 1.807) is 38.2 Å². The van der Waals surface area contributed by atoms with Gasteiger partial charge in [0.05, 0.1) is 10.4 Å². The molecule has 3 aromatic carbocycles. The first-order valence-electron chi connectivity index (χ1n) is 11.7. The number of carbonyl (C=O) groups excluding carboxylic acids is 2. The maximum Gasteiger partial charge on any atom is 0.329 e. The Morgan fingerprint density at radius 2 is 1.62 bits per heavy atom. The van der Waals surface area contributed by atoms with Gasteiger partial charge in [0.2, 0.25) is 5.91 Å². The molecule has 0 spiro atoms. The van der Waals surface area contributed by atoms with Crippen LogP contribution in [0.15, 0.2) is 89.8 Å². The number of anilines is 1. The van der Waals surface area contributed by atoms with Crippen LogP contribution in [0, 0.1) is 13.8 Å². The van der Waals surface area contributed by atoms with Crippen molar-refractivity contribution in [3.05, 3.63) is 102 Å². The first kappa shape index (κ1) is 25.8. The van der Waals surface area contributed by atoms with Gasteiger partial charge in [0, 0.05) is 30.2 Å². The molecule has 1 heterocycles. The highest BCUT2D eigenvalue weighted by Crippen LogP contribution is 2.22. The topological polar surface area (TPSA) is 108 Å². The number of fused-ring (bicyclic) bond motifs is 1. The molecule has 0 saturated carbocycles. The summed E-state index contributed by atoms with van der Waals surface area (Å²) in [5.41, 5.74) is 3.64. The number of nitrogens with zero attached hydrogens (tertiary/aromatic N) is 2. The summed E-state index contributed by atoms with van der Waals surface area (Å²) in [6.07, 6.45) is 0.177. The zero-order chi connectivity index (χ0) is 26.6. The van der Waals surface area contributed by atoms with Crippen LogP contribution in [0.25, 0.3) is 10.9 Å². The van der Waals surface area contributed by atoms with E-state index in [1.165, 1.54) is 11.0 Å². The van der Waals surface area contributed by atoms with E-state index in [-0.39, 0.29) is 11.3 Å². The average Bonchev–Trinajstić information content (AvgIpc) is 2.87. The van der Waals surface area contributed by atoms with Crippen molar-refractivity contribution in [1.82, 2.24) is 15.0 Å². The summed E-state index contributed by atoms with van der Waals surface area (Å²) in [4.78, 5) is 32.3. The molecule has 190 valence electrons. The molecule has 1 atom stereocenters. The van der Waals surface area contributed by atoms with Gasteiger partial charge in [-0.3, -0.25) is 9.78 Å². The number of aryl methyl sites for hydroxylation is 2. The van der Waals surface area contributed by atoms with Gasteiger partial charge in [-0.2, -0.15) is 0 Å². The van der Waals surface area contributed by atoms with Crippen molar-refractivity contribution in [2.45, 2.75) is 31.2 Å². The van der Waals surface area contributed by atoms with E-state index in [4.69, 9.17) is 0 Å². The lowest BCUT2D eigenvalue weighted by Gasteiger charge is -2.25. The summed E-state index contributed by atoms with van der Waals surface area (Å²) in [5, 5.41) is 3.45. The van der Waals surface area contributed by atoms with Crippen LogP contribution in [0.3, 0.4) is 0 Å². The molecule has 4 aromatic rings. The van der Waals surface area contributed by atoms with Crippen LogP contribution in [-0.2, 0) is 21.2 Å². The van der Waals surface area contributed by atoms with Crippen molar-refractivity contribution in [3.63, 3.8) is 0 Å². The highest BCUT2D eigenvalue weighted by atomic mass is 32.2. The number of benzene rings is 3. The number of hydrogen-bond acceptors (Lipinski definition) is 5. The first-order chi connectivity index (χ1) is 17.6. The lowest BCUT2D eigenvalue weighted by atomic mass is 10.0. The van der Waals surface area contributed by atoms with Crippen LogP contribution in [-0.4, -0.2) is 38.4 Å². The van der Waals surface area contributed by atoms with E-state index in [0.29, 0.717) is 11.3 Å². The molecule has 9 heteroatoms. The highest BCUT2D eigenvalue weighted by Gasteiger charge is 2.28. The summed E-state index contributed by atoms with van der Waals surface area (Å²) in [6, 6.07) is 22.9. The molecule has 0 aliphatic rings. The fourth-order valence-electron chi connectivity index (χ4n) is 4.06. The Balaban J connectivity index is 1.58. The minimum Gasteiger partial charge on any atom is -0.325 e. The zero-order valence-electron chi connectivity index (χ0n) is 20.8. The molecule has 0 bridgehead atoms. The summed E-state index contributed by atoms with van der Waals surface area (Å²) in [5.74, 6) is -0.397. The first-order valence-corrected chi connectivity index (χ1v) is 13.2. The number of amides is 3. The minimum atomic E-state index is -4.13. The third-order valence-corrected chi connectivity index (χ3v) is 7.52. The molecule has 0 aliphatic carbocycles. The zero-order valence-corrected chi connectivity index (χ0v) is 21.6. The van der Waals surface area contributed by atoms with Crippen LogP contribution in [0.2, 0.25) is 0 Å². The molecule has 37 heavy (non-hydrogen) atoms. The number of pyridine rings is 1. The number of hydrogen-bond donors (Lipinski definition) is 2. The van der Waals surface area contributed by atoms with E-state index in [1.807, 2.05) is 66.2 Å². The van der Waals surface area contributed by atoms with Crippen molar-refractivity contribution in [1.29, 1.82) is 0 Å². The van der Waals surface area contributed by atoms with Gasteiger partial charge in [-0.05, 0) is 55.3 Å². The Labute approximate surface area is 216 Å². The maximum absolute atomic E-state index is 13.6. The molecule has 0 fully saturated rings. The van der Waals surface area contributed by atoms with Crippen molar-refractivity contribution >= 4 is 38.6 Å². The Morgan fingerprint density at radius 1 is 0.919 bits per heavy atom. The predicted molar refractivity (Wildman–Crippen MR) is 144 cm³/mol. The molecular weight excluding hydrogens is 488 g/mol. The SMILES string of the molecule is Cc1ccc2cc(N(C)C(=O)[C@H](Cc3ccccc3)NC(=O)NS(=O)(=O)c3ccccc3C)ccc2n1. The van der Waals surface area contributed by atoms with Crippen LogP contribution in [0.1, 0.15) is 16.8 Å². The highest BCUT2D eigenvalue weighted by molar-refractivity contribution is 7.90. The van der Waals surface area contributed by atoms with Crippen molar-refractivity contribution in [3.8, 4) is 0 Å². The van der Waals surface area contributed by atoms with E-state index < -0.39 is 28.0 Å². The van der Waals surface area contributed by atoms with Gasteiger partial charge >= 0.3 is 6.03 Å². The smallest absolute Gasteiger partial charge is 0.325 e. The molecule has 0 radical (unpaired) electrons. The maximum atomic E-state index is 13.6. The molecule has 0 unspecified atom stereocenters. The van der Waals surface area contributed by atoms with Crippen LogP contribution in [0.4, 0.5) is 10.5 Å². The average molecular weight is 517 g/mol. The number of carbonyl (C=O) groups is 2. The fourth-order valence-corrected chi connectivity index (χ4v) is 5.22. The Bertz CT molecular complexity index is 1560. The second-order valence-electron chi connectivity index (χ2n) is 8.81. The fraction of sp³-hybridized carbons (Fsp3) is 0.179. The molecule has 2 N–H and O–H groups in total. The largest absolute Gasteiger partial charge is 0.329 e. The van der Waals surface area contributed by atoms with E-state index in [0.717, 1.165) is 22.2 Å². The summed E-state index contributed by atoms with van der Waals surface area (Å²) >= 11 is 0. The van der Waals surface area contributed by atoms with Gasteiger partial charge in [-0.1, -0.05) is 54.6 Å². The molecule has 1 aromatic heterocycles. The quantitative estimate of drug-likeness (QED) is 0.384. The van der Waals surface area contributed by atoms with Crippen molar-refractivity contribution < 1.29 is 18.0 Å².